The third kappa shape index (κ3) is 5.35. The van der Waals surface area contributed by atoms with Gasteiger partial charge in [0.1, 0.15) is 0 Å². The molecule has 1 N–H and O–H groups in total. The van der Waals surface area contributed by atoms with Crippen molar-refractivity contribution in [1.29, 1.82) is 0 Å². The Kier molecular flexibility index (Phi) is 5.58. The predicted molar refractivity (Wildman–Crippen MR) is 91.7 cm³/mol. The Hall–Kier alpha value is -1.60. The zero-order valence-corrected chi connectivity index (χ0v) is 13.5. The zero-order chi connectivity index (χ0) is 15.1. The van der Waals surface area contributed by atoms with Crippen molar-refractivity contribution in [3.05, 3.63) is 71.8 Å². The highest BCUT2D eigenvalue weighted by Gasteiger charge is 2.14. The number of hydrogen-bond acceptors (Lipinski definition) is 1. The van der Waals surface area contributed by atoms with Crippen LogP contribution in [0.25, 0.3) is 0 Å². The second-order valence-corrected chi connectivity index (χ2v) is 6.89. The molecular weight excluding hydrogens is 254 g/mol. The summed E-state index contributed by atoms with van der Waals surface area (Å²) < 4.78 is 0. The maximum Gasteiger partial charge on any atom is 0.0214 e. The van der Waals surface area contributed by atoms with Crippen molar-refractivity contribution in [2.75, 3.05) is 13.1 Å². The molecule has 0 heterocycles. The van der Waals surface area contributed by atoms with E-state index in [4.69, 9.17) is 0 Å². The van der Waals surface area contributed by atoms with Gasteiger partial charge in [-0.25, -0.2) is 0 Å². The SMILES string of the molecule is CC(C)(C)CCNCC(c1ccccc1)c1ccccc1. The summed E-state index contributed by atoms with van der Waals surface area (Å²) in [5, 5.41) is 3.64. The molecule has 21 heavy (non-hydrogen) atoms. The molecule has 1 nitrogen and oxygen atoms in total. The average molecular weight is 281 g/mol. The lowest BCUT2D eigenvalue weighted by atomic mass is 9.90. The van der Waals surface area contributed by atoms with Crippen molar-refractivity contribution < 1.29 is 0 Å². The summed E-state index contributed by atoms with van der Waals surface area (Å²) in [4.78, 5) is 0. The first-order chi connectivity index (χ1) is 10.1. The highest BCUT2D eigenvalue weighted by atomic mass is 14.9. The first kappa shape index (κ1) is 15.8. The average Bonchev–Trinajstić information content (AvgIpc) is 2.48. The first-order valence-corrected chi connectivity index (χ1v) is 7.87. The quantitative estimate of drug-likeness (QED) is 0.747. The van der Waals surface area contributed by atoms with Crippen LogP contribution in [0.1, 0.15) is 44.2 Å². The summed E-state index contributed by atoms with van der Waals surface area (Å²) in [6.07, 6.45) is 1.20. The van der Waals surface area contributed by atoms with Gasteiger partial charge in [0.05, 0.1) is 0 Å². The second-order valence-electron chi connectivity index (χ2n) is 6.89. The van der Waals surface area contributed by atoms with Crippen molar-refractivity contribution in [2.24, 2.45) is 5.41 Å². The minimum atomic E-state index is 0.391. The third-order valence-electron chi connectivity index (χ3n) is 3.80. The Morgan fingerprint density at radius 1 is 0.810 bits per heavy atom. The van der Waals surface area contributed by atoms with Gasteiger partial charge >= 0.3 is 0 Å². The number of rotatable bonds is 6. The molecule has 0 aliphatic carbocycles. The molecule has 0 aliphatic heterocycles. The monoisotopic (exact) mass is 281 g/mol. The molecular formula is C20H27N. The second kappa shape index (κ2) is 7.42. The Morgan fingerprint density at radius 3 is 1.71 bits per heavy atom. The highest BCUT2D eigenvalue weighted by Crippen LogP contribution is 2.24. The van der Waals surface area contributed by atoms with Crippen LogP contribution >= 0.6 is 0 Å². The standard InChI is InChI=1S/C20H27N/c1-20(2,3)14-15-21-16-19(17-10-6-4-7-11-17)18-12-8-5-9-13-18/h4-13,19,21H,14-16H2,1-3H3. The number of benzene rings is 2. The van der Waals surface area contributed by atoms with Gasteiger partial charge in [-0.05, 0) is 29.5 Å². The van der Waals surface area contributed by atoms with Gasteiger partial charge in [0, 0.05) is 12.5 Å². The number of hydrogen-bond donors (Lipinski definition) is 1. The summed E-state index contributed by atoms with van der Waals surface area (Å²) in [6, 6.07) is 21.6. The Balaban J connectivity index is 2.04. The largest absolute Gasteiger partial charge is 0.316 e. The molecule has 0 aromatic heterocycles. The smallest absolute Gasteiger partial charge is 0.0214 e. The summed E-state index contributed by atoms with van der Waals surface area (Å²) in [5.74, 6) is 0.423. The van der Waals surface area contributed by atoms with Crippen molar-refractivity contribution in [3.63, 3.8) is 0 Å². The van der Waals surface area contributed by atoms with E-state index in [-0.39, 0.29) is 0 Å². The van der Waals surface area contributed by atoms with Gasteiger partial charge in [0.2, 0.25) is 0 Å². The molecule has 0 radical (unpaired) electrons. The molecule has 2 aromatic carbocycles. The molecule has 0 amide bonds. The van der Waals surface area contributed by atoms with Crippen molar-refractivity contribution >= 4 is 0 Å². The van der Waals surface area contributed by atoms with Crippen LogP contribution in [0.3, 0.4) is 0 Å². The minimum absolute atomic E-state index is 0.391. The van der Waals surface area contributed by atoms with Gasteiger partial charge in [0.15, 0.2) is 0 Å². The van der Waals surface area contributed by atoms with E-state index >= 15 is 0 Å². The lowest BCUT2D eigenvalue weighted by Gasteiger charge is -2.22. The summed E-state index contributed by atoms with van der Waals surface area (Å²) in [7, 11) is 0. The minimum Gasteiger partial charge on any atom is -0.316 e. The zero-order valence-electron chi connectivity index (χ0n) is 13.5. The van der Waals surface area contributed by atoms with Crippen LogP contribution in [-0.2, 0) is 0 Å². The van der Waals surface area contributed by atoms with Crippen molar-refractivity contribution in [1.82, 2.24) is 5.32 Å². The molecule has 0 saturated carbocycles. The summed E-state index contributed by atoms with van der Waals surface area (Å²) in [6.45, 7) is 8.94. The van der Waals surface area contributed by atoms with Gasteiger partial charge in [-0.1, -0.05) is 81.4 Å². The fourth-order valence-electron chi connectivity index (χ4n) is 2.51. The van der Waals surface area contributed by atoms with E-state index in [1.165, 1.54) is 17.5 Å². The molecule has 0 bridgehead atoms. The Bertz CT molecular complexity index is 471. The normalized spacial score (nSPS) is 11.8. The van der Waals surface area contributed by atoms with E-state index in [1.54, 1.807) is 0 Å². The summed E-state index contributed by atoms with van der Waals surface area (Å²) in [5.41, 5.74) is 3.15. The van der Waals surface area contributed by atoms with Crippen LogP contribution in [0.4, 0.5) is 0 Å². The molecule has 0 fully saturated rings. The fourth-order valence-corrected chi connectivity index (χ4v) is 2.51. The van der Waals surface area contributed by atoms with Crippen molar-refractivity contribution in [2.45, 2.75) is 33.1 Å². The van der Waals surface area contributed by atoms with E-state index in [0.717, 1.165) is 13.1 Å². The van der Waals surface area contributed by atoms with Crippen LogP contribution in [0.2, 0.25) is 0 Å². The van der Waals surface area contributed by atoms with Crippen LogP contribution in [0, 0.1) is 5.41 Å². The van der Waals surface area contributed by atoms with Crippen LogP contribution in [0.15, 0.2) is 60.7 Å². The van der Waals surface area contributed by atoms with E-state index in [2.05, 4.69) is 86.8 Å². The first-order valence-electron chi connectivity index (χ1n) is 7.87. The van der Waals surface area contributed by atoms with E-state index < -0.39 is 0 Å². The maximum atomic E-state index is 3.64. The molecule has 0 aliphatic rings. The van der Waals surface area contributed by atoms with E-state index in [1.807, 2.05) is 0 Å². The molecule has 2 aromatic rings. The molecule has 2 rings (SSSR count). The van der Waals surface area contributed by atoms with Gasteiger partial charge < -0.3 is 5.32 Å². The Morgan fingerprint density at radius 2 is 1.29 bits per heavy atom. The highest BCUT2D eigenvalue weighted by molar-refractivity contribution is 5.32. The lowest BCUT2D eigenvalue weighted by Crippen LogP contribution is -2.26. The van der Waals surface area contributed by atoms with Crippen LogP contribution < -0.4 is 5.32 Å². The molecule has 1 heteroatoms. The lowest BCUT2D eigenvalue weighted by molar-refractivity contribution is 0.366. The molecule has 0 saturated heterocycles. The van der Waals surface area contributed by atoms with Crippen LogP contribution in [-0.4, -0.2) is 13.1 Å². The fraction of sp³-hybridized carbons (Fsp3) is 0.400. The maximum absolute atomic E-state index is 3.64. The van der Waals surface area contributed by atoms with E-state index in [9.17, 15) is 0 Å². The van der Waals surface area contributed by atoms with Gasteiger partial charge in [-0.3, -0.25) is 0 Å². The van der Waals surface area contributed by atoms with Crippen LogP contribution in [0.5, 0.6) is 0 Å². The molecule has 0 spiro atoms. The van der Waals surface area contributed by atoms with Gasteiger partial charge in [-0.2, -0.15) is 0 Å². The summed E-state index contributed by atoms with van der Waals surface area (Å²) >= 11 is 0. The number of nitrogens with one attached hydrogen (secondary N) is 1. The third-order valence-corrected chi connectivity index (χ3v) is 3.80. The molecule has 112 valence electrons. The van der Waals surface area contributed by atoms with Crippen molar-refractivity contribution in [3.8, 4) is 0 Å². The van der Waals surface area contributed by atoms with E-state index in [0.29, 0.717) is 11.3 Å². The predicted octanol–water partition coefficient (Wildman–Crippen LogP) is 4.84. The molecule has 0 unspecified atom stereocenters. The Labute approximate surface area is 129 Å². The molecule has 0 atom stereocenters. The topological polar surface area (TPSA) is 12.0 Å². The van der Waals surface area contributed by atoms with Gasteiger partial charge in [-0.15, -0.1) is 0 Å². The van der Waals surface area contributed by atoms with Gasteiger partial charge in [0.25, 0.3) is 0 Å².